The fourth-order valence-corrected chi connectivity index (χ4v) is 4.37. The van der Waals surface area contributed by atoms with E-state index in [2.05, 4.69) is 9.88 Å². The lowest BCUT2D eigenvalue weighted by Gasteiger charge is -2.36. The number of hydrogen-bond donors (Lipinski definition) is 0. The maximum Gasteiger partial charge on any atom is 0.410 e. The summed E-state index contributed by atoms with van der Waals surface area (Å²) in [4.78, 5) is 21.1. The zero-order valence-electron chi connectivity index (χ0n) is 19.0. The smallest absolute Gasteiger partial charge is 0.410 e. The highest BCUT2D eigenvalue weighted by molar-refractivity contribution is 5.96. The van der Waals surface area contributed by atoms with Gasteiger partial charge in [-0.25, -0.2) is 4.79 Å². The summed E-state index contributed by atoms with van der Waals surface area (Å²) in [5, 5.41) is 1.07. The first-order chi connectivity index (χ1) is 14.8. The Bertz CT molecular complexity index is 927. The number of rotatable bonds is 4. The number of fused-ring (bicyclic) bond motifs is 3. The molecule has 7 heteroatoms. The molecule has 7 nitrogen and oxygen atoms in total. The van der Waals surface area contributed by atoms with Crippen LogP contribution in [0.3, 0.4) is 0 Å². The van der Waals surface area contributed by atoms with Gasteiger partial charge >= 0.3 is 6.09 Å². The van der Waals surface area contributed by atoms with E-state index in [-0.39, 0.29) is 6.09 Å². The van der Waals surface area contributed by atoms with Gasteiger partial charge in [0.2, 0.25) is 0 Å². The zero-order valence-corrected chi connectivity index (χ0v) is 19.0. The van der Waals surface area contributed by atoms with Gasteiger partial charge in [-0.3, -0.25) is 4.98 Å². The Morgan fingerprint density at radius 1 is 1.23 bits per heavy atom. The monoisotopic (exact) mass is 427 g/mol. The molecule has 4 rings (SSSR count). The molecule has 0 unspecified atom stereocenters. The summed E-state index contributed by atoms with van der Waals surface area (Å²) in [6.07, 6.45) is 4.76. The number of methoxy groups -OCH3 is 1. The number of piperidine rings is 1. The average Bonchev–Trinajstić information content (AvgIpc) is 2.76. The molecule has 1 amide bonds. The van der Waals surface area contributed by atoms with Crippen LogP contribution in [0.4, 0.5) is 10.5 Å². The van der Waals surface area contributed by atoms with Gasteiger partial charge in [-0.05, 0) is 64.2 Å². The number of carbonyl (C=O) groups excluding carboxylic acids is 1. The Labute approximate surface area is 184 Å². The van der Waals surface area contributed by atoms with Crippen LogP contribution in [-0.2, 0) is 4.74 Å². The molecule has 0 atom stereocenters. The molecule has 0 bridgehead atoms. The molecule has 0 spiro atoms. The second-order valence-corrected chi connectivity index (χ2v) is 9.39. The number of anilines is 1. The molecule has 2 aromatic rings. The van der Waals surface area contributed by atoms with Crippen molar-refractivity contribution in [2.45, 2.75) is 45.6 Å². The molecule has 0 radical (unpaired) electrons. The van der Waals surface area contributed by atoms with Gasteiger partial charge in [-0.2, -0.15) is 0 Å². The lowest BCUT2D eigenvalue weighted by Crippen LogP contribution is -2.42. The van der Waals surface area contributed by atoms with Crippen molar-refractivity contribution in [2.24, 2.45) is 5.92 Å². The first kappa shape index (κ1) is 21.5. The molecule has 2 aliphatic heterocycles. The van der Waals surface area contributed by atoms with Crippen molar-refractivity contribution in [3.05, 3.63) is 24.4 Å². The molecule has 31 heavy (non-hydrogen) atoms. The minimum absolute atomic E-state index is 0.194. The number of amides is 1. The molecular weight excluding hydrogens is 394 g/mol. The van der Waals surface area contributed by atoms with Crippen LogP contribution in [-0.4, -0.2) is 61.5 Å². The van der Waals surface area contributed by atoms with E-state index in [9.17, 15) is 4.79 Å². The minimum Gasteiger partial charge on any atom is -0.497 e. The summed E-state index contributed by atoms with van der Waals surface area (Å²) < 4.78 is 16.9. The highest BCUT2D eigenvalue weighted by Gasteiger charge is 2.28. The first-order valence-corrected chi connectivity index (χ1v) is 11.2. The van der Waals surface area contributed by atoms with Crippen molar-refractivity contribution in [1.82, 2.24) is 9.88 Å². The number of hydrogen-bond acceptors (Lipinski definition) is 6. The van der Waals surface area contributed by atoms with Gasteiger partial charge in [0.15, 0.2) is 5.75 Å². The molecule has 168 valence electrons. The molecular formula is C24H33N3O4. The van der Waals surface area contributed by atoms with Crippen molar-refractivity contribution < 1.29 is 19.0 Å². The van der Waals surface area contributed by atoms with E-state index in [0.29, 0.717) is 12.5 Å². The highest BCUT2D eigenvalue weighted by atomic mass is 16.6. The van der Waals surface area contributed by atoms with Gasteiger partial charge in [0, 0.05) is 25.0 Å². The molecule has 0 N–H and O–H groups in total. The Balaban J connectivity index is 1.40. The van der Waals surface area contributed by atoms with Crippen LogP contribution in [0, 0.1) is 5.92 Å². The Hall–Kier alpha value is -2.70. The SMILES string of the molecule is COc1ccc2ncc3c(c2c1)N(CCC1CCN(C(=O)OC(C)(C)C)CC1)CCO3. The van der Waals surface area contributed by atoms with E-state index in [0.717, 1.165) is 73.5 Å². The number of ether oxygens (including phenoxy) is 3. The van der Waals surface area contributed by atoms with Gasteiger partial charge in [-0.1, -0.05) is 0 Å². The summed E-state index contributed by atoms with van der Waals surface area (Å²) in [6, 6.07) is 5.98. The van der Waals surface area contributed by atoms with Crippen LogP contribution in [0.2, 0.25) is 0 Å². The third kappa shape index (κ3) is 4.97. The third-order valence-corrected chi connectivity index (χ3v) is 6.02. The van der Waals surface area contributed by atoms with Crippen molar-refractivity contribution in [1.29, 1.82) is 0 Å². The maximum atomic E-state index is 12.3. The predicted molar refractivity (Wildman–Crippen MR) is 121 cm³/mol. The third-order valence-electron chi connectivity index (χ3n) is 6.02. The van der Waals surface area contributed by atoms with Gasteiger partial charge in [0.05, 0.1) is 31.1 Å². The zero-order chi connectivity index (χ0) is 22.0. The van der Waals surface area contributed by atoms with Crippen LogP contribution in [0.5, 0.6) is 11.5 Å². The Morgan fingerprint density at radius 2 is 2.00 bits per heavy atom. The average molecular weight is 428 g/mol. The van der Waals surface area contributed by atoms with Crippen molar-refractivity contribution in [3.8, 4) is 11.5 Å². The molecule has 1 aromatic heterocycles. The Kier molecular flexibility index (Phi) is 6.12. The van der Waals surface area contributed by atoms with Crippen molar-refractivity contribution >= 4 is 22.7 Å². The second kappa shape index (κ2) is 8.81. The fraction of sp³-hybridized carbons (Fsp3) is 0.583. The van der Waals surface area contributed by atoms with E-state index in [4.69, 9.17) is 14.2 Å². The first-order valence-electron chi connectivity index (χ1n) is 11.2. The van der Waals surface area contributed by atoms with Crippen LogP contribution in [0.25, 0.3) is 10.9 Å². The number of likely N-dealkylation sites (tertiary alicyclic amines) is 1. The van der Waals surface area contributed by atoms with Crippen LogP contribution in [0.1, 0.15) is 40.0 Å². The molecule has 1 saturated heterocycles. The Morgan fingerprint density at radius 3 is 2.71 bits per heavy atom. The normalized spacial score (nSPS) is 17.3. The topological polar surface area (TPSA) is 64.1 Å². The summed E-state index contributed by atoms with van der Waals surface area (Å²) in [5.41, 5.74) is 1.61. The summed E-state index contributed by atoms with van der Waals surface area (Å²) in [6.45, 7) is 9.75. The van der Waals surface area contributed by atoms with E-state index in [1.54, 1.807) is 7.11 Å². The number of nitrogens with zero attached hydrogens (tertiary/aromatic N) is 3. The maximum absolute atomic E-state index is 12.3. The summed E-state index contributed by atoms with van der Waals surface area (Å²) >= 11 is 0. The van der Waals surface area contributed by atoms with E-state index >= 15 is 0 Å². The predicted octanol–water partition coefficient (Wildman–Crippen LogP) is 4.48. The fourth-order valence-electron chi connectivity index (χ4n) is 4.37. The standard InChI is InChI=1S/C24H33N3O4/c1-24(2,3)31-23(28)27-11-8-17(9-12-27)7-10-26-13-14-30-21-16-25-20-6-5-18(29-4)15-19(20)22(21)26/h5-6,15-17H,7-14H2,1-4H3. The van der Waals surface area contributed by atoms with E-state index in [1.807, 2.05) is 50.1 Å². The highest BCUT2D eigenvalue weighted by Crippen LogP contribution is 2.39. The van der Waals surface area contributed by atoms with Crippen LogP contribution in [0.15, 0.2) is 24.4 Å². The summed E-state index contributed by atoms with van der Waals surface area (Å²) in [7, 11) is 1.68. The second-order valence-electron chi connectivity index (χ2n) is 9.39. The molecule has 1 fully saturated rings. The number of aromatic nitrogens is 1. The lowest BCUT2D eigenvalue weighted by molar-refractivity contribution is 0.0182. The molecule has 1 aromatic carbocycles. The summed E-state index contributed by atoms with van der Waals surface area (Å²) in [5.74, 6) is 2.27. The molecule has 0 saturated carbocycles. The van der Waals surface area contributed by atoms with Crippen molar-refractivity contribution in [3.63, 3.8) is 0 Å². The van der Waals surface area contributed by atoms with Crippen molar-refractivity contribution in [2.75, 3.05) is 44.8 Å². The van der Waals surface area contributed by atoms with Gasteiger partial charge in [0.1, 0.15) is 18.0 Å². The largest absolute Gasteiger partial charge is 0.497 e. The molecule has 3 heterocycles. The van der Waals surface area contributed by atoms with Gasteiger partial charge in [0.25, 0.3) is 0 Å². The van der Waals surface area contributed by atoms with Gasteiger partial charge < -0.3 is 24.0 Å². The van der Waals surface area contributed by atoms with Crippen LogP contribution >= 0.6 is 0 Å². The van der Waals surface area contributed by atoms with E-state index in [1.165, 1.54) is 0 Å². The molecule has 2 aliphatic rings. The number of pyridine rings is 1. The lowest BCUT2D eigenvalue weighted by atomic mass is 9.93. The quantitative estimate of drug-likeness (QED) is 0.717. The van der Waals surface area contributed by atoms with E-state index < -0.39 is 5.60 Å². The number of carbonyl (C=O) groups is 1. The van der Waals surface area contributed by atoms with Crippen LogP contribution < -0.4 is 14.4 Å². The minimum atomic E-state index is -0.446. The molecule has 0 aliphatic carbocycles. The number of benzene rings is 1. The van der Waals surface area contributed by atoms with Gasteiger partial charge in [-0.15, -0.1) is 0 Å².